The summed E-state index contributed by atoms with van der Waals surface area (Å²) in [5, 5.41) is 0. The number of esters is 1. The standard InChI is InChI=1S/C9H14O3/c1-5-7(3)12-8(6-2)9(10)11-4/h5-7H,1H2,2-4H3/b8-6+. The Balaban J connectivity index is 4.19. The maximum atomic E-state index is 10.9. The smallest absolute Gasteiger partial charge is 0.372 e. The van der Waals surface area contributed by atoms with Gasteiger partial charge >= 0.3 is 5.97 Å². The van der Waals surface area contributed by atoms with Crippen LogP contribution in [0.5, 0.6) is 0 Å². The molecule has 0 aromatic carbocycles. The average molecular weight is 170 g/mol. The third-order valence-electron chi connectivity index (χ3n) is 1.29. The molecular weight excluding hydrogens is 156 g/mol. The molecule has 0 saturated heterocycles. The summed E-state index contributed by atoms with van der Waals surface area (Å²) in [6.45, 7) is 7.03. The summed E-state index contributed by atoms with van der Waals surface area (Å²) < 4.78 is 9.65. The third-order valence-corrected chi connectivity index (χ3v) is 1.29. The first-order chi connectivity index (χ1) is 5.65. The molecule has 0 spiro atoms. The Labute approximate surface area is 72.7 Å². The molecule has 68 valence electrons. The van der Waals surface area contributed by atoms with Gasteiger partial charge in [0, 0.05) is 0 Å². The van der Waals surface area contributed by atoms with Gasteiger partial charge in [0.2, 0.25) is 5.76 Å². The molecule has 0 saturated carbocycles. The Hall–Kier alpha value is -1.25. The van der Waals surface area contributed by atoms with Gasteiger partial charge in [-0.15, -0.1) is 0 Å². The molecule has 1 unspecified atom stereocenters. The Morgan fingerprint density at radius 3 is 2.50 bits per heavy atom. The van der Waals surface area contributed by atoms with E-state index in [0.717, 1.165) is 0 Å². The molecule has 3 nitrogen and oxygen atoms in total. The zero-order valence-corrected chi connectivity index (χ0v) is 7.66. The molecule has 12 heavy (non-hydrogen) atoms. The predicted octanol–water partition coefficient (Wildman–Crippen LogP) is 1.65. The topological polar surface area (TPSA) is 35.5 Å². The van der Waals surface area contributed by atoms with Crippen LogP contribution in [0.1, 0.15) is 13.8 Å². The highest BCUT2D eigenvalue weighted by Crippen LogP contribution is 2.04. The van der Waals surface area contributed by atoms with Gasteiger partial charge in [0.1, 0.15) is 6.10 Å². The van der Waals surface area contributed by atoms with E-state index in [1.807, 2.05) is 0 Å². The van der Waals surface area contributed by atoms with Crippen molar-refractivity contribution in [3.63, 3.8) is 0 Å². The number of methoxy groups -OCH3 is 1. The van der Waals surface area contributed by atoms with Crippen molar-refractivity contribution in [1.82, 2.24) is 0 Å². The van der Waals surface area contributed by atoms with E-state index in [2.05, 4.69) is 11.3 Å². The van der Waals surface area contributed by atoms with Crippen molar-refractivity contribution in [3.8, 4) is 0 Å². The van der Waals surface area contributed by atoms with Crippen molar-refractivity contribution in [3.05, 3.63) is 24.5 Å². The van der Waals surface area contributed by atoms with Gasteiger partial charge in [-0.05, 0) is 19.9 Å². The second kappa shape index (κ2) is 5.41. The fraction of sp³-hybridized carbons (Fsp3) is 0.444. The van der Waals surface area contributed by atoms with Crippen molar-refractivity contribution in [2.24, 2.45) is 0 Å². The molecule has 1 atom stereocenters. The minimum absolute atomic E-state index is 0.185. The lowest BCUT2D eigenvalue weighted by atomic mass is 10.4. The van der Waals surface area contributed by atoms with Gasteiger partial charge in [0.15, 0.2) is 0 Å². The second-order valence-corrected chi connectivity index (χ2v) is 2.20. The number of ether oxygens (including phenoxy) is 2. The SMILES string of the molecule is C=CC(C)O/C(=C/C)C(=O)OC. The van der Waals surface area contributed by atoms with E-state index in [0.29, 0.717) is 0 Å². The molecule has 0 rings (SSSR count). The minimum atomic E-state index is -0.466. The van der Waals surface area contributed by atoms with Gasteiger partial charge < -0.3 is 9.47 Å². The first-order valence-corrected chi connectivity index (χ1v) is 3.69. The molecule has 3 heteroatoms. The van der Waals surface area contributed by atoms with E-state index in [1.54, 1.807) is 26.0 Å². The molecular formula is C9H14O3. The highest BCUT2D eigenvalue weighted by Gasteiger charge is 2.11. The van der Waals surface area contributed by atoms with Crippen LogP contribution >= 0.6 is 0 Å². The first kappa shape index (κ1) is 10.8. The van der Waals surface area contributed by atoms with Crippen LogP contribution in [0.25, 0.3) is 0 Å². The maximum Gasteiger partial charge on any atom is 0.372 e. The Kier molecular flexibility index (Phi) is 4.84. The maximum absolute atomic E-state index is 10.9. The third kappa shape index (κ3) is 3.23. The predicted molar refractivity (Wildman–Crippen MR) is 46.5 cm³/mol. The molecule has 0 aliphatic carbocycles. The summed E-state index contributed by atoms with van der Waals surface area (Å²) in [5.74, 6) is -0.254. The van der Waals surface area contributed by atoms with Gasteiger partial charge in [0.25, 0.3) is 0 Å². The molecule has 0 aromatic heterocycles. The summed E-state index contributed by atoms with van der Waals surface area (Å²) in [4.78, 5) is 10.9. The van der Waals surface area contributed by atoms with E-state index in [4.69, 9.17) is 4.74 Å². The molecule has 0 N–H and O–H groups in total. The van der Waals surface area contributed by atoms with Crippen molar-refractivity contribution in [2.75, 3.05) is 7.11 Å². The number of carbonyl (C=O) groups excluding carboxylic acids is 1. The lowest BCUT2D eigenvalue weighted by Crippen LogP contribution is -2.12. The van der Waals surface area contributed by atoms with Crippen LogP contribution in [0.15, 0.2) is 24.5 Å². The highest BCUT2D eigenvalue weighted by molar-refractivity contribution is 5.86. The monoisotopic (exact) mass is 170 g/mol. The number of rotatable bonds is 4. The van der Waals surface area contributed by atoms with Crippen molar-refractivity contribution in [1.29, 1.82) is 0 Å². The van der Waals surface area contributed by atoms with Crippen LogP contribution in [0.3, 0.4) is 0 Å². The Bertz CT molecular complexity index is 194. The van der Waals surface area contributed by atoms with Crippen LogP contribution in [0.2, 0.25) is 0 Å². The normalized spacial score (nSPS) is 13.4. The molecule has 0 radical (unpaired) electrons. The van der Waals surface area contributed by atoms with Gasteiger partial charge in [-0.3, -0.25) is 0 Å². The summed E-state index contributed by atoms with van der Waals surface area (Å²) >= 11 is 0. The first-order valence-electron chi connectivity index (χ1n) is 3.69. The molecule has 0 aliphatic heterocycles. The molecule has 0 fully saturated rings. The van der Waals surface area contributed by atoms with Crippen LogP contribution in [0.4, 0.5) is 0 Å². The van der Waals surface area contributed by atoms with Crippen molar-refractivity contribution < 1.29 is 14.3 Å². The molecule has 0 heterocycles. The summed E-state index contributed by atoms with van der Waals surface area (Å²) in [7, 11) is 1.31. The van der Waals surface area contributed by atoms with Crippen LogP contribution in [0, 0.1) is 0 Å². The highest BCUT2D eigenvalue weighted by atomic mass is 16.6. The molecule has 0 aliphatic rings. The van der Waals surface area contributed by atoms with Gasteiger partial charge in [-0.2, -0.15) is 0 Å². The van der Waals surface area contributed by atoms with Crippen LogP contribution in [-0.2, 0) is 14.3 Å². The number of carbonyl (C=O) groups is 1. The second-order valence-electron chi connectivity index (χ2n) is 2.20. The van der Waals surface area contributed by atoms with E-state index in [9.17, 15) is 4.79 Å². The largest absolute Gasteiger partial charge is 0.480 e. The van der Waals surface area contributed by atoms with Crippen molar-refractivity contribution >= 4 is 5.97 Å². The summed E-state index contributed by atoms with van der Waals surface area (Å²) in [5.41, 5.74) is 0. The van der Waals surface area contributed by atoms with E-state index in [1.165, 1.54) is 7.11 Å². The van der Waals surface area contributed by atoms with Crippen LogP contribution in [-0.4, -0.2) is 19.2 Å². The van der Waals surface area contributed by atoms with Crippen molar-refractivity contribution in [2.45, 2.75) is 20.0 Å². The Morgan fingerprint density at radius 2 is 2.17 bits per heavy atom. The van der Waals surface area contributed by atoms with Gasteiger partial charge in [0.05, 0.1) is 7.11 Å². The van der Waals surface area contributed by atoms with Gasteiger partial charge in [-0.1, -0.05) is 12.7 Å². The molecule has 0 amide bonds. The fourth-order valence-electron chi connectivity index (χ4n) is 0.583. The number of allylic oxidation sites excluding steroid dienone is 1. The fourth-order valence-corrected chi connectivity index (χ4v) is 0.583. The quantitative estimate of drug-likeness (QED) is 0.278. The summed E-state index contributed by atoms with van der Waals surface area (Å²) in [6.07, 6.45) is 2.98. The van der Waals surface area contributed by atoms with E-state index >= 15 is 0 Å². The zero-order valence-electron chi connectivity index (χ0n) is 7.66. The van der Waals surface area contributed by atoms with Crippen LogP contribution < -0.4 is 0 Å². The molecule has 0 bridgehead atoms. The van der Waals surface area contributed by atoms with E-state index in [-0.39, 0.29) is 11.9 Å². The average Bonchev–Trinajstić information content (AvgIpc) is 2.12. The minimum Gasteiger partial charge on any atom is -0.480 e. The lowest BCUT2D eigenvalue weighted by molar-refractivity contribution is -0.140. The van der Waals surface area contributed by atoms with Gasteiger partial charge in [-0.25, -0.2) is 4.79 Å². The Morgan fingerprint density at radius 1 is 1.58 bits per heavy atom. The number of hydrogen-bond acceptors (Lipinski definition) is 3. The lowest BCUT2D eigenvalue weighted by Gasteiger charge is -2.11. The zero-order chi connectivity index (χ0) is 9.56. The molecule has 0 aromatic rings. The van der Waals surface area contributed by atoms with E-state index < -0.39 is 5.97 Å². The summed E-state index contributed by atoms with van der Waals surface area (Å²) in [6, 6.07) is 0. The number of hydrogen-bond donors (Lipinski definition) is 0.